The van der Waals surface area contributed by atoms with Gasteiger partial charge < -0.3 is 0 Å². The van der Waals surface area contributed by atoms with Crippen LogP contribution in [0.15, 0.2) is 0 Å². The minimum atomic E-state index is -0.369. The first-order valence-corrected chi connectivity index (χ1v) is 3.87. The first-order valence-electron chi connectivity index (χ1n) is 3.87. The van der Waals surface area contributed by atoms with Crippen molar-refractivity contribution in [2.75, 3.05) is 0 Å². The molecule has 0 spiro atoms. The van der Waals surface area contributed by atoms with Gasteiger partial charge in [-0.3, -0.25) is 14.9 Å². The Morgan fingerprint density at radius 2 is 1.77 bits per heavy atom. The molecule has 0 aliphatic carbocycles. The average molecular weight is 228 g/mol. The van der Waals surface area contributed by atoms with E-state index in [1.165, 1.54) is 0 Å². The van der Waals surface area contributed by atoms with Gasteiger partial charge in [0, 0.05) is 11.8 Å². The normalized spacial score (nSPS) is 20.5. The lowest BCUT2D eigenvalue weighted by Crippen LogP contribution is -2.37. The molecule has 0 aromatic carbocycles. The van der Waals surface area contributed by atoms with Crippen LogP contribution in [0.2, 0.25) is 0 Å². The number of hydrogen-bond donors (Lipinski definition) is 1. The summed E-state index contributed by atoms with van der Waals surface area (Å²) in [5.41, 5.74) is -0.369. The van der Waals surface area contributed by atoms with Crippen LogP contribution in [-0.2, 0) is 9.59 Å². The Bertz CT molecular complexity index is 204. The molecule has 0 radical (unpaired) electrons. The minimum Gasteiger partial charge on any atom is -0.296 e. The van der Waals surface area contributed by atoms with E-state index in [0.717, 1.165) is 12.8 Å². The Balaban J connectivity index is 0. The second-order valence-electron chi connectivity index (χ2n) is 3.61. The number of hydrogen-bond acceptors (Lipinski definition) is 2. The molecule has 0 unspecified atom stereocenters. The third-order valence-corrected chi connectivity index (χ3v) is 2.07. The number of imide groups is 1. The Morgan fingerprint density at radius 3 is 2.31 bits per heavy atom. The molecule has 0 aromatic rings. The Morgan fingerprint density at radius 1 is 1.23 bits per heavy atom. The zero-order valence-corrected chi connectivity index (χ0v) is 9.39. The van der Waals surface area contributed by atoms with Gasteiger partial charge >= 0.3 is 0 Å². The summed E-state index contributed by atoms with van der Waals surface area (Å²) in [5.74, 6) is -0.277. The summed E-state index contributed by atoms with van der Waals surface area (Å²) in [7, 11) is 0. The van der Waals surface area contributed by atoms with Crippen molar-refractivity contribution >= 4 is 36.6 Å². The third kappa shape index (κ3) is 3.96. The molecule has 0 saturated carbocycles. The van der Waals surface area contributed by atoms with Crippen LogP contribution in [0.4, 0.5) is 0 Å². The van der Waals surface area contributed by atoms with Gasteiger partial charge in [-0.25, -0.2) is 0 Å². The maximum atomic E-state index is 11.2. The van der Waals surface area contributed by atoms with Crippen LogP contribution in [0.25, 0.3) is 0 Å². The summed E-state index contributed by atoms with van der Waals surface area (Å²) in [6, 6.07) is 0. The molecule has 1 rings (SSSR count). The van der Waals surface area contributed by atoms with E-state index in [1.54, 1.807) is 0 Å². The van der Waals surface area contributed by atoms with E-state index >= 15 is 0 Å². The van der Waals surface area contributed by atoms with Gasteiger partial charge in [-0.15, -0.1) is 24.8 Å². The van der Waals surface area contributed by atoms with Crippen molar-refractivity contribution in [1.29, 1.82) is 0 Å². The number of nitrogens with one attached hydrogen (secondary N) is 1. The second-order valence-corrected chi connectivity index (χ2v) is 3.61. The summed E-state index contributed by atoms with van der Waals surface area (Å²) in [6.45, 7) is 3.72. The molecule has 0 aromatic heterocycles. The molecular weight excluding hydrogens is 213 g/mol. The quantitative estimate of drug-likeness (QED) is 0.641. The van der Waals surface area contributed by atoms with Gasteiger partial charge in [0.15, 0.2) is 0 Å². The first kappa shape index (κ1) is 15.2. The van der Waals surface area contributed by atoms with E-state index in [9.17, 15) is 9.59 Å². The largest absolute Gasteiger partial charge is 0.296 e. The molecule has 78 valence electrons. The van der Waals surface area contributed by atoms with E-state index in [0.29, 0.717) is 6.42 Å². The molecule has 13 heavy (non-hydrogen) atoms. The summed E-state index contributed by atoms with van der Waals surface area (Å²) in [6.07, 6.45) is 2.09. The van der Waals surface area contributed by atoms with Gasteiger partial charge in [-0.1, -0.05) is 13.8 Å². The van der Waals surface area contributed by atoms with E-state index < -0.39 is 0 Å². The smallest absolute Gasteiger partial charge is 0.232 e. The van der Waals surface area contributed by atoms with Crippen molar-refractivity contribution in [3.8, 4) is 0 Å². The fourth-order valence-corrected chi connectivity index (χ4v) is 1.16. The van der Waals surface area contributed by atoms with E-state index in [-0.39, 0.29) is 42.0 Å². The summed E-state index contributed by atoms with van der Waals surface area (Å²) in [5, 5.41) is 2.35. The second kappa shape index (κ2) is 5.45. The number of rotatable bonds is 0. The van der Waals surface area contributed by atoms with Crippen LogP contribution < -0.4 is 5.32 Å². The number of halogens is 2. The molecule has 1 heterocycles. The molecule has 5 heteroatoms. The van der Waals surface area contributed by atoms with Crippen molar-refractivity contribution in [3.63, 3.8) is 0 Å². The van der Waals surface area contributed by atoms with Crippen molar-refractivity contribution in [1.82, 2.24) is 5.32 Å². The maximum Gasteiger partial charge on any atom is 0.232 e. The van der Waals surface area contributed by atoms with E-state index in [1.807, 2.05) is 13.8 Å². The molecule has 1 saturated heterocycles. The van der Waals surface area contributed by atoms with Gasteiger partial charge in [-0.05, 0) is 12.8 Å². The van der Waals surface area contributed by atoms with Crippen molar-refractivity contribution < 1.29 is 9.59 Å². The lowest BCUT2D eigenvalue weighted by Gasteiger charge is -2.18. The minimum absolute atomic E-state index is 0. The van der Waals surface area contributed by atoms with Crippen LogP contribution in [0, 0.1) is 5.41 Å². The van der Waals surface area contributed by atoms with Gasteiger partial charge in [0.1, 0.15) is 0 Å². The zero-order chi connectivity index (χ0) is 8.48. The van der Waals surface area contributed by atoms with Crippen LogP contribution >= 0.6 is 24.8 Å². The highest BCUT2D eigenvalue weighted by molar-refractivity contribution is 5.98. The Hall–Kier alpha value is -0.280. The standard InChI is InChI=1S/C8H13NO2.2ClH/c1-8(2)5-3-4-6(10)9-7(8)11;;/h3-5H2,1-2H3,(H,9,10,11);2*1H. The lowest BCUT2D eigenvalue weighted by atomic mass is 9.87. The van der Waals surface area contributed by atoms with Crippen molar-refractivity contribution in [3.05, 3.63) is 0 Å². The highest BCUT2D eigenvalue weighted by Gasteiger charge is 2.31. The molecule has 1 N–H and O–H groups in total. The first-order chi connectivity index (χ1) is 5.02. The fourth-order valence-electron chi connectivity index (χ4n) is 1.16. The zero-order valence-electron chi connectivity index (χ0n) is 7.75. The van der Waals surface area contributed by atoms with E-state index in [2.05, 4.69) is 5.32 Å². The summed E-state index contributed by atoms with van der Waals surface area (Å²) < 4.78 is 0. The van der Waals surface area contributed by atoms with Crippen molar-refractivity contribution in [2.45, 2.75) is 33.1 Å². The fraction of sp³-hybridized carbons (Fsp3) is 0.750. The summed E-state index contributed by atoms with van der Waals surface area (Å²) in [4.78, 5) is 22.1. The van der Waals surface area contributed by atoms with Crippen molar-refractivity contribution in [2.24, 2.45) is 5.41 Å². The highest BCUT2D eigenvalue weighted by atomic mass is 35.5. The molecule has 2 amide bonds. The molecular formula is C8H15Cl2NO2. The Kier molecular flexibility index (Phi) is 6.37. The Labute approximate surface area is 90.5 Å². The van der Waals surface area contributed by atoms with Crippen LogP contribution in [0.5, 0.6) is 0 Å². The highest BCUT2D eigenvalue weighted by Crippen LogP contribution is 2.25. The molecule has 1 fully saturated rings. The van der Waals surface area contributed by atoms with Gasteiger partial charge in [0.05, 0.1) is 0 Å². The maximum absolute atomic E-state index is 11.2. The monoisotopic (exact) mass is 227 g/mol. The molecule has 0 bridgehead atoms. The number of carbonyl (C=O) groups excluding carboxylic acids is 2. The number of amides is 2. The van der Waals surface area contributed by atoms with Gasteiger partial charge in [0.2, 0.25) is 11.8 Å². The molecule has 0 atom stereocenters. The third-order valence-electron chi connectivity index (χ3n) is 2.07. The predicted octanol–water partition coefficient (Wildman–Crippen LogP) is 1.68. The molecule has 1 aliphatic rings. The summed E-state index contributed by atoms with van der Waals surface area (Å²) >= 11 is 0. The number of carbonyl (C=O) groups is 2. The average Bonchev–Trinajstić information content (AvgIpc) is 1.94. The van der Waals surface area contributed by atoms with Gasteiger partial charge in [-0.2, -0.15) is 0 Å². The van der Waals surface area contributed by atoms with Gasteiger partial charge in [0.25, 0.3) is 0 Å². The lowest BCUT2D eigenvalue weighted by molar-refractivity contribution is -0.134. The van der Waals surface area contributed by atoms with Crippen LogP contribution in [-0.4, -0.2) is 11.8 Å². The molecule has 3 nitrogen and oxygen atoms in total. The SMILES string of the molecule is CC1(C)CCCC(=O)NC1=O.Cl.Cl. The molecule has 1 aliphatic heterocycles. The van der Waals surface area contributed by atoms with Crippen LogP contribution in [0.1, 0.15) is 33.1 Å². The van der Waals surface area contributed by atoms with E-state index in [4.69, 9.17) is 0 Å². The van der Waals surface area contributed by atoms with Crippen LogP contribution in [0.3, 0.4) is 0 Å². The topological polar surface area (TPSA) is 46.2 Å². The predicted molar refractivity (Wildman–Crippen MR) is 55.3 cm³/mol.